The van der Waals surface area contributed by atoms with Gasteiger partial charge >= 0.3 is 5.97 Å². The number of benzene rings is 1. The van der Waals surface area contributed by atoms with Gasteiger partial charge in [-0.2, -0.15) is 0 Å². The molecule has 0 radical (unpaired) electrons. The minimum absolute atomic E-state index is 0.0793. The summed E-state index contributed by atoms with van der Waals surface area (Å²) in [4.78, 5) is 25.5. The predicted molar refractivity (Wildman–Crippen MR) is 97.2 cm³/mol. The first-order valence-corrected chi connectivity index (χ1v) is 9.14. The van der Waals surface area contributed by atoms with E-state index in [0.717, 1.165) is 29.8 Å². The summed E-state index contributed by atoms with van der Waals surface area (Å²) in [5.41, 5.74) is 3.69. The molecule has 0 saturated carbocycles. The van der Waals surface area contributed by atoms with Gasteiger partial charge in [0.1, 0.15) is 0 Å². The van der Waals surface area contributed by atoms with E-state index < -0.39 is 5.92 Å². The van der Waals surface area contributed by atoms with Gasteiger partial charge in [-0.05, 0) is 37.8 Å². The number of ketones is 1. The quantitative estimate of drug-likeness (QED) is 0.816. The number of Topliss-reactive ketones (excluding diaryl/α,β-unsaturated/α-hetero) is 1. The van der Waals surface area contributed by atoms with Crippen molar-refractivity contribution < 1.29 is 14.3 Å². The van der Waals surface area contributed by atoms with E-state index in [1.807, 2.05) is 25.1 Å². The van der Waals surface area contributed by atoms with Gasteiger partial charge in [0.25, 0.3) is 0 Å². The molecule has 3 rings (SSSR count). The average Bonchev–Trinajstić information content (AvgIpc) is 2.61. The molecular formula is C20H22ClNO3. The lowest BCUT2D eigenvalue weighted by molar-refractivity contribution is -0.138. The van der Waals surface area contributed by atoms with Crippen LogP contribution in [0, 0.1) is 0 Å². The van der Waals surface area contributed by atoms with Crippen LogP contribution in [0.25, 0.3) is 0 Å². The Morgan fingerprint density at radius 1 is 1.28 bits per heavy atom. The Morgan fingerprint density at radius 3 is 2.72 bits per heavy atom. The summed E-state index contributed by atoms with van der Waals surface area (Å²) >= 11 is 6.45. The van der Waals surface area contributed by atoms with Crippen molar-refractivity contribution in [2.75, 3.05) is 6.61 Å². The van der Waals surface area contributed by atoms with Gasteiger partial charge in [-0.25, -0.2) is 4.79 Å². The Balaban J connectivity index is 2.22. The van der Waals surface area contributed by atoms with Crippen molar-refractivity contribution in [1.82, 2.24) is 5.32 Å². The van der Waals surface area contributed by atoms with Crippen molar-refractivity contribution in [1.29, 1.82) is 0 Å². The third-order valence-electron chi connectivity index (χ3n) is 4.73. The number of carbonyl (C=O) groups excluding carboxylic acids is 2. The highest BCUT2D eigenvalue weighted by molar-refractivity contribution is 6.31. The average molecular weight is 360 g/mol. The first-order valence-electron chi connectivity index (χ1n) is 8.76. The minimum atomic E-state index is -0.466. The van der Waals surface area contributed by atoms with Crippen LogP contribution in [-0.2, 0) is 14.3 Å². The lowest BCUT2D eigenvalue weighted by Gasteiger charge is -2.35. The number of carbonyl (C=O) groups is 2. The molecule has 1 aromatic carbocycles. The van der Waals surface area contributed by atoms with E-state index in [2.05, 4.69) is 5.32 Å². The SMILES string of the molecule is CCOC(=O)C1=C(CC)NC2=C(C(=O)CCC2)C1c1ccccc1Cl. The van der Waals surface area contributed by atoms with E-state index in [0.29, 0.717) is 29.0 Å². The molecule has 4 nitrogen and oxygen atoms in total. The van der Waals surface area contributed by atoms with Crippen molar-refractivity contribution in [3.63, 3.8) is 0 Å². The number of hydrogen-bond donors (Lipinski definition) is 1. The topological polar surface area (TPSA) is 55.4 Å². The standard InChI is InChI=1S/C20H22ClNO3/c1-3-14-19(20(24)25-4-2)17(12-8-5-6-9-13(12)21)18-15(22-14)10-7-11-16(18)23/h5-6,8-9,17,22H,3-4,7,10-11H2,1-2H3. The molecule has 0 amide bonds. The molecule has 0 saturated heterocycles. The summed E-state index contributed by atoms with van der Waals surface area (Å²) in [5.74, 6) is -0.774. The zero-order valence-corrected chi connectivity index (χ0v) is 15.3. The molecule has 1 aromatic rings. The Bertz CT molecular complexity index is 779. The second-order valence-corrected chi connectivity index (χ2v) is 6.62. The smallest absolute Gasteiger partial charge is 0.336 e. The van der Waals surface area contributed by atoms with E-state index in [-0.39, 0.29) is 18.4 Å². The molecule has 25 heavy (non-hydrogen) atoms. The van der Waals surface area contributed by atoms with Crippen LogP contribution in [0.15, 0.2) is 46.8 Å². The number of esters is 1. The molecular weight excluding hydrogens is 338 g/mol. The van der Waals surface area contributed by atoms with Crippen LogP contribution >= 0.6 is 11.6 Å². The van der Waals surface area contributed by atoms with Crippen LogP contribution in [0.5, 0.6) is 0 Å². The molecule has 0 fully saturated rings. The molecule has 1 heterocycles. The summed E-state index contributed by atoms with van der Waals surface area (Å²) < 4.78 is 5.31. The van der Waals surface area contributed by atoms with Crippen LogP contribution in [0.3, 0.4) is 0 Å². The molecule has 132 valence electrons. The first-order chi connectivity index (χ1) is 12.1. The fraction of sp³-hybridized carbons (Fsp3) is 0.400. The molecule has 0 spiro atoms. The lowest BCUT2D eigenvalue weighted by Crippen LogP contribution is -2.35. The normalized spacial score (nSPS) is 20.3. The zero-order valence-electron chi connectivity index (χ0n) is 14.5. The monoisotopic (exact) mass is 359 g/mol. The minimum Gasteiger partial charge on any atom is -0.463 e. The van der Waals surface area contributed by atoms with Crippen molar-refractivity contribution in [3.8, 4) is 0 Å². The van der Waals surface area contributed by atoms with Crippen molar-refractivity contribution in [3.05, 3.63) is 57.4 Å². The Kier molecular flexibility index (Phi) is 5.28. The molecule has 1 aliphatic carbocycles. The number of allylic oxidation sites excluding steroid dienone is 3. The van der Waals surface area contributed by atoms with E-state index in [9.17, 15) is 9.59 Å². The highest BCUT2D eigenvalue weighted by Gasteiger charge is 2.40. The molecule has 1 N–H and O–H groups in total. The Labute approximate surface area is 152 Å². The van der Waals surface area contributed by atoms with Crippen molar-refractivity contribution in [2.24, 2.45) is 0 Å². The summed E-state index contributed by atoms with van der Waals surface area (Å²) in [7, 11) is 0. The zero-order chi connectivity index (χ0) is 18.0. The van der Waals surface area contributed by atoms with Gasteiger partial charge < -0.3 is 10.1 Å². The van der Waals surface area contributed by atoms with Crippen molar-refractivity contribution in [2.45, 2.75) is 45.4 Å². The van der Waals surface area contributed by atoms with Gasteiger partial charge in [-0.1, -0.05) is 36.7 Å². The molecule has 0 bridgehead atoms. The number of hydrogen-bond acceptors (Lipinski definition) is 4. The lowest BCUT2D eigenvalue weighted by atomic mass is 9.75. The van der Waals surface area contributed by atoms with Gasteiger partial charge in [0.15, 0.2) is 5.78 Å². The van der Waals surface area contributed by atoms with Crippen LogP contribution < -0.4 is 5.32 Å². The number of rotatable bonds is 4. The summed E-state index contributed by atoms with van der Waals surface area (Å²) in [5, 5.41) is 3.89. The molecule has 2 aliphatic rings. The molecule has 1 unspecified atom stereocenters. The predicted octanol–water partition coefficient (Wildman–Crippen LogP) is 4.26. The summed E-state index contributed by atoms with van der Waals surface area (Å²) in [6, 6.07) is 7.41. The van der Waals surface area contributed by atoms with E-state index in [1.165, 1.54) is 0 Å². The van der Waals surface area contributed by atoms with Crippen LogP contribution in [0.2, 0.25) is 5.02 Å². The first kappa shape index (κ1) is 17.7. The molecule has 1 atom stereocenters. The Morgan fingerprint density at radius 2 is 2.04 bits per heavy atom. The molecule has 5 heteroatoms. The van der Waals surface area contributed by atoms with E-state index in [1.54, 1.807) is 13.0 Å². The molecule has 0 aromatic heterocycles. The van der Waals surface area contributed by atoms with Crippen LogP contribution in [0.1, 0.15) is 51.0 Å². The van der Waals surface area contributed by atoms with Gasteiger partial charge in [0.2, 0.25) is 0 Å². The maximum absolute atomic E-state index is 12.7. The van der Waals surface area contributed by atoms with E-state index >= 15 is 0 Å². The van der Waals surface area contributed by atoms with Gasteiger partial charge in [-0.3, -0.25) is 4.79 Å². The maximum atomic E-state index is 12.7. The fourth-order valence-electron chi connectivity index (χ4n) is 3.65. The van der Waals surface area contributed by atoms with Gasteiger partial charge in [0.05, 0.1) is 12.2 Å². The second-order valence-electron chi connectivity index (χ2n) is 6.21. The number of halogens is 1. The van der Waals surface area contributed by atoms with Crippen LogP contribution in [-0.4, -0.2) is 18.4 Å². The van der Waals surface area contributed by atoms with Gasteiger partial charge in [-0.15, -0.1) is 0 Å². The molecule has 1 aliphatic heterocycles. The highest BCUT2D eigenvalue weighted by atomic mass is 35.5. The van der Waals surface area contributed by atoms with Crippen molar-refractivity contribution >= 4 is 23.4 Å². The number of nitrogens with one attached hydrogen (secondary N) is 1. The largest absolute Gasteiger partial charge is 0.463 e. The number of dihydropyridines is 1. The third-order valence-corrected chi connectivity index (χ3v) is 5.07. The third kappa shape index (κ3) is 3.23. The fourth-order valence-corrected chi connectivity index (χ4v) is 3.89. The van der Waals surface area contributed by atoms with Gasteiger partial charge in [0, 0.05) is 34.3 Å². The second kappa shape index (κ2) is 7.44. The van der Waals surface area contributed by atoms with Crippen LogP contribution in [0.4, 0.5) is 0 Å². The highest BCUT2D eigenvalue weighted by Crippen LogP contribution is 2.44. The summed E-state index contributed by atoms with van der Waals surface area (Å²) in [6.45, 7) is 4.05. The van der Waals surface area contributed by atoms with E-state index in [4.69, 9.17) is 16.3 Å². The Hall–Kier alpha value is -2.07. The number of ether oxygens (including phenoxy) is 1. The maximum Gasteiger partial charge on any atom is 0.336 e. The summed E-state index contributed by atoms with van der Waals surface area (Å²) in [6.07, 6.45) is 2.78.